The van der Waals surface area contributed by atoms with E-state index < -0.39 is 0 Å². The molecule has 0 atom stereocenters. The molecule has 0 aliphatic rings. The first-order valence-corrected chi connectivity index (χ1v) is 7.43. The van der Waals surface area contributed by atoms with Crippen LogP contribution in [-0.2, 0) is 0 Å². The summed E-state index contributed by atoms with van der Waals surface area (Å²) in [6.45, 7) is 1.93. The molecule has 5 nitrogen and oxygen atoms in total. The molecule has 0 bridgehead atoms. The Morgan fingerprint density at radius 1 is 1.09 bits per heavy atom. The molecule has 3 heterocycles. The van der Waals surface area contributed by atoms with Crippen LogP contribution in [0.25, 0.3) is 26.9 Å². The molecule has 0 N–H and O–H groups in total. The smallest absolute Gasteiger partial charge is 0.235 e. The van der Waals surface area contributed by atoms with Gasteiger partial charge in [-0.3, -0.25) is 4.98 Å². The monoisotopic (exact) mass is 311 g/mol. The first-order valence-electron chi connectivity index (χ1n) is 6.62. The van der Waals surface area contributed by atoms with E-state index in [1.54, 1.807) is 22.8 Å². The fourth-order valence-electron chi connectivity index (χ4n) is 2.14. The predicted octanol–water partition coefficient (Wildman–Crippen LogP) is 3.36. The minimum Gasteiger partial charge on any atom is -0.261 e. The van der Waals surface area contributed by atoms with Crippen LogP contribution in [0.4, 0.5) is 4.39 Å². The standard InChI is InChI=1S/C15H10FN5S/c1-9-5-6-11(8-17-9)14-20-21-13(18-19-15(21)22-14)10-3-2-4-12(16)7-10/h2-8H,1H3. The number of aromatic nitrogens is 5. The van der Waals surface area contributed by atoms with E-state index in [9.17, 15) is 4.39 Å². The molecule has 7 heteroatoms. The summed E-state index contributed by atoms with van der Waals surface area (Å²) >= 11 is 1.42. The molecule has 108 valence electrons. The van der Waals surface area contributed by atoms with Crippen molar-refractivity contribution in [1.82, 2.24) is 24.8 Å². The van der Waals surface area contributed by atoms with Gasteiger partial charge in [0.25, 0.3) is 0 Å². The van der Waals surface area contributed by atoms with E-state index in [1.807, 2.05) is 19.1 Å². The van der Waals surface area contributed by atoms with Crippen molar-refractivity contribution < 1.29 is 4.39 Å². The number of nitrogens with zero attached hydrogens (tertiary/aromatic N) is 5. The van der Waals surface area contributed by atoms with Gasteiger partial charge in [0.05, 0.1) is 0 Å². The summed E-state index contributed by atoms with van der Waals surface area (Å²) in [4.78, 5) is 4.94. The number of fused-ring (bicyclic) bond motifs is 1. The van der Waals surface area contributed by atoms with Crippen LogP contribution >= 0.6 is 11.3 Å². The molecule has 22 heavy (non-hydrogen) atoms. The lowest BCUT2D eigenvalue weighted by Crippen LogP contribution is -1.91. The lowest BCUT2D eigenvalue weighted by atomic mass is 10.2. The van der Waals surface area contributed by atoms with Crippen molar-refractivity contribution >= 4 is 16.3 Å². The second-order valence-corrected chi connectivity index (χ2v) is 5.78. The molecule has 4 rings (SSSR count). The van der Waals surface area contributed by atoms with E-state index in [4.69, 9.17) is 0 Å². The molecule has 1 aromatic carbocycles. The van der Waals surface area contributed by atoms with Crippen LogP contribution in [0.2, 0.25) is 0 Å². The molecule has 0 radical (unpaired) electrons. The molecular weight excluding hydrogens is 301 g/mol. The van der Waals surface area contributed by atoms with Gasteiger partial charge in [-0.05, 0) is 31.2 Å². The van der Waals surface area contributed by atoms with Gasteiger partial charge in [0, 0.05) is 23.0 Å². The van der Waals surface area contributed by atoms with Crippen LogP contribution in [0.3, 0.4) is 0 Å². The number of hydrogen-bond acceptors (Lipinski definition) is 5. The van der Waals surface area contributed by atoms with Gasteiger partial charge in [0.2, 0.25) is 4.96 Å². The number of pyridine rings is 1. The fourth-order valence-corrected chi connectivity index (χ4v) is 2.96. The van der Waals surface area contributed by atoms with Gasteiger partial charge in [-0.2, -0.15) is 9.61 Å². The summed E-state index contributed by atoms with van der Waals surface area (Å²) in [5.41, 5.74) is 2.52. The number of benzene rings is 1. The summed E-state index contributed by atoms with van der Waals surface area (Å²) in [5, 5.41) is 13.5. The van der Waals surface area contributed by atoms with E-state index >= 15 is 0 Å². The molecular formula is C15H10FN5S. The van der Waals surface area contributed by atoms with Gasteiger partial charge in [0.15, 0.2) is 5.82 Å². The SMILES string of the molecule is Cc1ccc(-c2nn3c(-c4cccc(F)c4)nnc3s2)cn1. The third-order valence-corrected chi connectivity index (χ3v) is 4.18. The highest BCUT2D eigenvalue weighted by Gasteiger charge is 2.14. The summed E-state index contributed by atoms with van der Waals surface area (Å²) in [6, 6.07) is 10.1. The molecule has 0 aliphatic heterocycles. The Kier molecular flexibility index (Phi) is 2.93. The largest absolute Gasteiger partial charge is 0.261 e. The third-order valence-electron chi connectivity index (χ3n) is 3.23. The van der Waals surface area contributed by atoms with Crippen molar-refractivity contribution in [3.8, 4) is 22.0 Å². The Labute approximate surface area is 129 Å². The van der Waals surface area contributed by atoms with Crippen molar-refractivity contribution in [3.05, 3.63) is 54.1 Å². The molecule has 0 spiro atoms. The predicted molar refractivity (Wildman–Crippen MR) is 82.0 cm³/mol. The Bertz CT molecular complexity index is 958. The highest BCUT2D eigenvalue weighted by Crippen LogP contribution is 2.27. The van der Waals surface area contributed by atoms with Crippen LogP contribution in [0.1, 0.15) is 5.69 Å². The molecule has 0 saturated heterocycles. The van der Waals surface area contributed by atoms with Crippen molar-refractivity contribution in [2.24, 2.45) is 0 Å². The van der Waals surface area contributed by atoms with E-state index in [0.717, 1.165) is 16.3 Å². The van der Waals surface area contributed by atoms with Crippen molar-refractivity contribution in [2.45, 2.75) is 6.92 Å². The lowest BCUT2D eigenvalue weighted by Gasteiger charge is -1.97. The van der Waals surface area contributed by atoms with Gasteiger partial charge in [-0.25, -0.2) is 4.39 Å². The average Bonchev–Trinajstić information content (AvgIpc) is 3.08. The zero-order valence-corrected chi connectivity index (χ0v) is 12.4. The number of aryl methyl sites for hydroxylation is 1. The van der Waals surface area contributed by atoms with E-state index in [1.165, 1.54) is 23.5 Å². The van der Waals surface area contributed by atoms with Gasteiger partial charge >= 0.3 is 0 Å². The molecule has 0 saturated carbocycles. The second-order valence-electron chi connectivity index (χ2n) is 4.82. The molecule has 3 aromatic heterocycles. The summed E-state index contributed by atoms with van der Waals surface area (Å²) < 4.78 is 15.0. The van der Waals surface area contributed by atoms with Gasteiger partial charge in [-0.15, -0.1) is 10.2 Å². The maximum atomic E-state index is 13.4. The molecule has 4 aromatic rings. The van der Waals surface area contributed by atoms with E-state index in [2.05, 4.69) is 20.3 Å². The van der Waals surface area contributed by atoms with Crippen LogP contribution in [0.5, 0.6) is 0 Å². The maximum Gasteiger partial charge on any atom is 0.235 e. The Balaban J connectivity index is 1.84. The van der Waals surface area contributed by atoms with E-state index in [0.29, 0.717) is 16.3 Å². The van der Waals surface area contributed by atoms with Crippen LogP contribution in [-0.4, -0.2) is 24.8 Å². The van der Waals surface area contributed by atoms with Crippen LogP contribution in [0.15, 0.2) is 42.6 Å². The average molecular weight is 311 g/mol. The molecule has 0 aliphatic carbocycles. The number of halogens is 1. The lowest BCUT2D eigenvalue weighted by molar-refractivity contribution is 0.628. The first kappa shape index (κ1) is 13.0. The highest BCUT2D eigenvalue weighted by atomic mass is 32.1. The Hall–Kier alpha value is -2.67. The zero-order chi connectivity index (χ0) is 15.1. The molecule has 0 fully saturated rings. The number of hydrogen-bond donors (Lipinski definition) is 0. The van der Waals surface area contributed by atoms with Gasteiger partial charge in [-0.1, -0.05) is 23.5 Å². The fraction of sp³-hybridized carbons (Fsp3) is 0.0667. The summed E-state index contributed by atoms with van der Waals surface area (Å²) in [7, 11) is 0. The quantitative estimate of drug-likeness (QED) is 0.569. The van der Waals surface area contributed by atoms with Gasteiger partial charge in [0.1, 0.15) is 10.8 Å². The minimum absolute atomic E-state index is 0.313. The normalized spacial score (nSPS) is 11.2. The van der Waals surface area contributed by atoms with Crippen molar-refractivity contribution in [3.63, 3.8) is 0 Å². The highest BCUT2D eigenvalue weighted by molar-refractivity contribution is 7.19. The summed E-state index contributed by atoms with van der Waals surface area (Å²) in [5.74, 6) is 0.213. The van der Waals surface area contributed by atoms with Gasteiger partial charge < -0.3 is 0 Å². The minimum atomic E-state index is -0.313. The summed E-state index contributed by atoms with van der Waals surface area (Å²) in [6.07, 6.45) is 1.78. The topological polar surface area (TPSA) is 56.0 Å². The van der Waals surface area contributed by atoms with Crippen molar-refractivity contribution in [1.29, 1.82) is 0 Å². The Morgan fingerprint density at radius 3 is 2.77 bits per heavy atom. The van der Waals surface area contributed by atoms with E-state index in [-0.39, 0.29) is 5.82 Å². The molecule has 0 amide bonds. The third kappa shape index (κ3) is 2.15. The zero-order valence-electron chi connectivity index (χ0n) is 11.6. The van der Waals surface area contributed by atoms with Crippen LogP contribution < -0.4 is 0 Å². The maximum absolute atomic E-state index is 13.4. The van der Waals surface area contributed by atoms with Crippen LogP contribution in [0, 0.1) is 12.7 Å². The first-order chi connectivity index (χ1) is 10.7. The number of rotatable bonds is 2. The second kappa shape index (κ2) is 4.96. The molecule has 0 unspecified atom stereocenters. The Morgan fingerprint density at radius 2 is 2.00 bits per heavy atom. The van der Waals surface area contributed by atoms with Crippen molar-refractivity contribution in [2.75, 3.05) is 0 Å².